The van der Waals surface area contributed by atoms with E-state index in [1.165, 1.54) is 11.1 Å². The number of nitrogens with two attached hydrogens (primary N) is 1. The van der Waals surface area contributed by atoms with Crippen molar-refractivity contribution in [3.63, 3.8) is 0 Å². The average Bonchev–Trinajstić information content (AvgIpc) is 2.45. The lowest BCUT2D eigenvalue weighted by molar-refractivity contribution is 0.311. The fourth-order valence-corrected chi connectivity index (χ4v) is 2.20. The maximum atomic E-state index is 5.79. The molecule has 0 atom stereocenters. The number of anilines is 1. The first kappa shape index (κ1) is 15.4. The lowest BCUT2D eigenvalue weighted by atomic mass is 9.87. The fraction of sp³-hybridized carbons (Fsp3) is 0.368. The summed E-state index contributed by atoms with van der Waals surface area (Å²) in [6.45, 7) is 7.39. The Bertz CT molecular complexity index is 550. The predicted molar refractivity (Wildman–Crippen MR) is 89.8 cm³/mol. The van der Waals surface area contributed by atoms with Crippen molar-refractivity contribution >= 4 is 5.69 Å². The Hall–Kier alpha value is -1.96. The molecule has 0 saturated carbocycles. The quantitative estimate of drug-likeness (QED) is 0.644. The fourth-order valence-electron chi connectivity index (χ4n) is 2.20. The Morgan fingerprint density at radius 1 is 0.905 bits per heavy atom. The second-order valence-corrected chi connectivity index (χ2v) is 6.47. The van der Waals surface area contributed by atoms with E-state index >= 15 is 0 Å². The Morgan fingerprint density at radius 2 is 1.52 bits per heavy atom. The first-order valence-corrected chi connectivity index (χ1v) is 7.53. The smallest absolute Gasteiger partial charge is 0.119 e. The minimum Gasteiger partial charge on any atom is -0.494 e. The summed E-state index contributed by atoms with van der Waals surface area (Å²) >= 11 is 0. The second kappa shape index (κ2) is 6.66. The van der Waals surface area contributed by atoms with E-state index in [9.17, 15) is 0 Å². The van der Waals surface area contributed by atoms with Crippen LogP contribution in [0.1, 0.15) is 38.3 Å². The molecule has 0 spiro atoms. The van der Waals surface area contributed by atoms with Crippen LogP contribution in [-0.2, 0) is 11.8 Å². The van der Waals surface area contributed by atoms with Crippen LogP contribution in [0, 0.1) is 0 Å². The number of benzene rings is 2. The molecule has 0 aliphatic carbocycles. The summed E-state index contributed by atoms with van der Waals surface area (Å²) in [5.74, 6) is 0.945. The van der Waals surface area contributed by atoms with Gasteiger partial charge in [0.1, 0.15) is 5.75 Å². The summed E-state index contributed by atoms with van der Waals surface area (Å²) in [6, 6.07) is 16.5. The van der Waals surface area contributed by atoms with Crippen LogP contribution < -0.4 is 10.5 Å². The number of hydrogen-bond acceptors (Lipinski definition) is 2. The van der Waals surface area contributed by atoms with Crippen molar-refractivity contribution in [1.29, 1.82) is 0 Å². The second-order valence-electron chi connectivity index (χ2n) is 6.47. The molecule has 2 aromatic carbocycles. The summed E-state index contributed by atoms with van der Waals surface area (Å²) < 4.78 is 5.79. The highest BCUT2D eigenvalue weighted by Crippen LogP contribution is 2.24. The monoisotopic (exact) mass is 283 g/mol. The molecule has 2 N–H and O–H groups in total. The van der Waals surface area contributed by atoms with Crippen molar-refractivity contribution in [2.24, 2.45) is 0 Å². The molecule has 2 aromatic rings. The Kier molecular flexibility index (Phi) is 4.89. The van der Waals surface area contributed by atoms with Crippen molar-refractivity contribution < 1.29 is 4.74 Å². The van der Waals surface area contributed by atoms with Crippen LogP contribution in [0.3, 0.4) is 0 Å². The molecule has 0 amide bonds. The van der Waals surface area contributed by atoms with Crippen molar-refractivity contribution in [1.82, 2.24) is 0 Å². The SMILES string of the molecule is CC(C)(C)c1ccc(OCCCc2ccc(N)cc2)cc1. The van der Waals surface area contributed by atoms with E-state index in [1.54, 1.807) is 0 Å². The molecule has 0 fully saturated rings. The largest absolute Gasteiger partial charge is 0.494 e. The van der Waals surface area contributed by atoms with Crippen LogP contribution in [0.25, 0.3) is 0 Å². The number of nitrogen functional groups attached to an aromatic ring is 1. The molecule has 2 nitrogen and oxygen atoms in total. The molecule has 0 aromatic heterocycles. The van der Waals surface area contributed by atoms with Gasteiger partial charge >= 0.3 is 0 Å². The van der Waals surface area contributed by atoms with Crippen LogP contribution >= 0.6 is 0 Å². The molecule has 2 rings (SSSR count). The molecule has 0 aliphatic rings. The van der Waals surface area contributed by atoms with E-state index in [-0.39, 0.29) is 5.41 Å². The van der Waals surface area contributed by atoms with E-state index in [2.05, 4.69) is 57.2 Å². The van der Waals surface area contributed by atoms with E-state index in [4.69, 9.17) is 10.5 Å². The lowest BCUT2D eigenvalue weighted by Crippen LogP contribution is -2.10. The van der Waals surface area contributed by atoms with Crippen molar-refractivity contribution in [3.05, 3.63) is 59.7 Å². The van der Waals surface area contributed by atoms with Gasteiger partial charge in [0.05, 0.1) is 6.61 Å². The molecule has 0 saturated heterocycles. The van der Waals surface area contributed by atoms with Gasteiger partial charge in [-0.25, -0.2) is 0 Å². The topological polar surface area (TPSA) is 35.2 Å². The maximum Gasteiger partial charge on any atom is 0.119 e. The van der Waals surface area contributed by atoms with Gasteiger partial charge in [-0.3, -0.25) is 0 Å². The molecule has 21 heavy (non-hydrogen) atoms. The van der Waals surface area contributed by atoms with Gasteiger partial charge in [-0.2, -0.15) is 0 Å². The van der Waals surface area contributed by atoms with E-state index in [1.807, 2.05) is 12.1 Å². The number of aryl methyl sites for hydroxylation is 1. The van der Waals surface area contributed by atoms with Gasteiger partial charge in [0, 0.05) is 5.69 Å². The number of rotatable bonds is 5. The summed E-state index contributed by atoms with van der Waals surface area (Å²) in [5, 5.41) is 0. The zero-order chi connectivity index (χ0) is 15.3. The molecule has 0 bridgehead atoms. The first-order chi connectivity index (χ1) is 9.95. The molecule has 2 heteroatoms. The summed E-state index contributed by atoms with van der Waals surface area (Å²) in [5.41, 5.74) is 9.31. The minimum atomic E-state index is 0.188. The zero-order valence-electron chi connectivity index (χ0n) is 13.2. The van der Waals surface area contributed by atoms with Crippen LogP contribution in [0.15, 0.2) is 48.5 Å². The lowest BCUT2D eigenvalue weighted by Gasteiger charge is -2.19. The van der Waals surface area contributed by atoms with Gasteiger partial charge < -0.3 is 10.5 Å². The van der Waals surface area contributed by atoms with Crippen LogP contribution in [0.4, 0.5) is 5.69 Å². The standard InChI is InChI=1S/C19H25NO/c1-19(2,3)16-8-12-18(13-9-16)21-14-4-5-15-6-10-17(20)11-7-15/h6-13H,4-5,14,20H2,1-3H3. The first-order valence-electron chi connectivity index (χ1n) is 7.53. The van der Waals surface area contributed by atoms with E-state index in [0.717, 1.165) is 30.9 Å². The van der Waals surface area contributed by atoms with Crippen molar-refractivity contribution in [2.75, 3.05) is 12.3 Å². The van der Waals surface area contributed by atoms with E-state index in [0.29, 0.717) is 0 Å². The molecular weight excluding hydrogens is 258 g/mol. The summed E-state index contributed by atoms with van der Waals surface area (Å²) in [4.78, 5) is 0. The molecule has 0 unspecified atom stereocenters. The average molecular weight is 283 g/mol. The highest BCUT2D eigenvalue weighted by Gasteiger charge is 2.12. The molecular formula is C19H25NO. The van der Waals surface area contributed by atoms with Gasteiger partial charge in [-0.05, 0) is 53.6 Å². The third kappa shape index (κ3) is 4.82. The zero-order valence-corrected chi connectivity index (χ0v) is 13.2. The third-order valence-corrected chi connectivity index (χ3v) is 3.58. The van der Waals surface area contributed by atoms with Crippen molar-refractivity contribution in [2.45, 2.75) is 39.0 Å². The van der Waals surface area contributed by atoms with Gasteiger partial charge in [0.2, 0.25) is 0 Å². The summed E-state index contributed by atoms with van der Waals surface area (Å²) in [6.07, 6.45) is 2.02. The van der Waals surface area contributed by atoms with Gasteiger partial charge in [0.15, 0.2) is 0 Å². The Morgan fingerprint density at radius 3 is 2.10 bits per heavy atom. The van der Waals surface area contributed by atoms with Crippen LogP contribution in [0.5, 0.6) is 5.75 Å². The molecule has 0 radical (unpaired) electrons. The third-order valence-electron chi connectivity index (χ3n) is 3.58. The molecule has 0 aliphatic heterocycles. The molecule has 0 heterocycles. The van der Waals surface area contributed by atoms with Crippen molar-refractivity contribution in [3.8, 4) is 5.75 Å². The normalized spacial score (nSPS) is 11.4. The Balaban J connectivity index is 1.77. The number of ether oxygens (including phenoxy) is 1. The minimum absolute atomic E-state index is 0.188. The van der Waals surface area contributed by atoms with Crippen LogP contribution in [0.2, 0.25) is 0 Å². The maximum absolute atomic E-state index is 5.79. The Labute approximate surface area is 127 Å². The van der Waals surface area contributed by atoms with Gasteiger partial charge in [-0.1, -0.05) is 45.0 Å². The van der Waals surface area contributed by atoms with E-state index < -0.39 is 0 Å². The number of hydrogen-bond donors (Lipinski definition) is 1. The predicted octanol–water partition coefficient (Wildman–Crippen LogP) is 4.58. The van der Waals surface area contributed by atoms with Gasteiger partial charge in [-0.15, -0.1) is 0 Å². The van der Waals surface area contributed by atoms with Gasteiger partial charge in [0.25, 0.3) is 0 Å². The highest BCUT2D eigenvalue weighted by molar-refractivity contribution is 5.39. The van der Waals surface area contributed by atoms with Crippen LogP contribution in [-0.4, -0.2) is 6.61 Å². The molecule has 112 valence electrons. The highest BCUT2D eigenvalue weighted by atomic mass is 16.5. The summed E-state index contributed by atoms with van der Waals surface area (Å²) in [7, 11) is 0.